The van der Waals surface area contributed by atoms with E-state index in [1.165, 1.54) is 0 Å². The summed E-state index contributed by atoms with van der Waals surface area (Å²) in [6.45, 7) is 0.347. The summed E-state index contributed by atoms with van der Waals surface area (Å²) in [4.78, 5) is 0. The summed E-state index contributed by atoms with van der Waals surface area (Å²) in [6, 6.07) is 5.48. The number of hydrogen-bond donors (Lipinski definition) is 3. The van der Waals surface area contributed by atoms with Crippen molar-refractivity contribution in [3.05, 3.63) is 32.7 Å². The van der Waals surface area contributed by atoms with Crippen LogP contribution in [0.3, 0.4) is 0 Å². The molecule has 0 aliphatic carbocycles. The first-order valence-electron chi connectivity index (χ1n) is 4.52. The van der Waals surface area contributed by atoms with E-state index in [0.717, 1.165) is 8.95 Å². The molecule has 0 aromatic heterocycles. The van der Waals surface area contributed by atoms with Crippen molar-refractivity contribution in [2.45, 2.75) is 12.2 Å². The Morgan fingerprint density at radius 3 is 2.60 bits per heavy atom. The summed E-state index contributed by atoms with van der Waals surface area (Å²) in [5, 5.41) is 22.3. The van der Waals surface area contributed by atoms with E-state index in [2.05, 4.69) is 37.2 Å². The van der Waals surface area contributed by atoms with Gasteiger partial charge in [0.05, 0.1) is 6.10 Å². The number of benzene rings is 1. The minimum absolute atomic E-state index is 0.347. The van der Waals surface area contributed by atoms with Gasteiger partial charge in [0.1, 0.15) is 6.10 Å². The third kappa shape index (κ3) is 3.53. The Morgan fingerprint density at radius 2 is 2.00 bits per heavy atom. The Hall–Kier alpha value is 0.0600. The van der Waals surface area contributed by atoms with Crippen LogP contribution in [0.15, 0.2) is 27.1 Å². The van der Waals surface area contributed by atoms with E-state index in [-0.39, 0.29) is 0 Å². The van der Waals surface area contributed by atoms with Gasteiger partial charge in [-0.2, -0.15) is 0 Å². The molecule has 0 radical (unpaired) electrons. The third-order valence-electron chi connectivity index (χ3n) is 2.05. The highest BCUT2D eigenvalue weighted by atomic mass is 79.9. The number of halogens is 2. The van der Waals surface area contributed by atoms with E-state index in [1.807, 2.05) is 12.1 Å². The predicted octanol–water partition coefficient (Wildman–Crippen LogP) is 1.83. The molecule has 1 aromatic carbocycles. The molecule has 5 heteroatoms. The van der Waals surface area contributed by atoms with E-state index < -0.39 is 12.2 Å². The summed E-state index contributed by atoms with van der Waals surface area (Å²) < 4.78 is 1.66. The zero-order valence-electron chi connectivity index (χ0n) is 8.24. The monoisotopic (exact) mass is 337 g/mol. The topological polar surface area (TPSA) is 52.5 Å². The van der Waals surface area contributed by atoms with Gasteiger partial charge in [-0.1, -0.05) is 31.9 Å². The molecular formula is C10H13Br2NO2. The van der Waals surface area contributed by atoms with E-state index in [9.17, 15) is 10.2 Å². The quantitative estimate of drug-likeness (QED) is 0.785. The molecular weight excluding hydrogens is 326 g/mol. The summed E-state index contributed by atoms with van der Waals surface area (Å²) in [7, 11) is 1.73. The van der Waals surface area contributed by atoms with E-state index in [4.69, 9.17) is 0 Å². The largest absolute Gasteiger partial charge is 0.389 e. The fourth-order valence-electron chi connectivity index (χ4n) is 1.27. The number of nitrogens with one attached hydrogen (secondary N) is 1. The maximum atomic E-state index is 9.88. The van der Waals surface area contributed by atoms with Crippen LogP contribution in [0.2, 0.25) is 0 Å². The van der Waals surface area contributed by atoms with Gasteiger partial charge in [0.2, 0.25) is 0 Å². The van der Waals surface area contributed by atoms with Crippen LogP contribution in [0.5, 0.6) is 0 Å². The Balaban J connectivity index is 2.89. The van der Waals surface area contributed by atoms with Crippen molar-refractivity contribution < 1.29 is 10.2 Å². The molecule has 0 aliphatic heterocycles. The van der Waals surface area contributed by atoms with Gasteiger partial charge in [-0.3, -0.25) is 0 Å². The molecule has 0 saturated heterocycles. The highest BCUT2D eigenvalue weighted by molar-refractivity contribution is 9.11. The normalized spacial score (nSPS) is 15.0. The van der Waals surface area contributed by atoms with Gasteiger partial charge in [0.15, 0.2) is 0 Å². The average Bonchev–Trinajstić information content (AvgIpc) is 2.21. The third-order valence-corrected chi connectivity index (χ3v) is 3.27. The van der Waals surface area contributed by atoms with E-state index >= 15 is 0 Å². The maximum absolute atomic E-state index is 9.88. The molecule has 1 rings (SSSR count). The molecule has 1 aromatic rings. The second-order valence-corrected chi connectivity index (χ2v) is 5.01. The molecule has 84 valence electrons. The van der Waals surface area contributed by atoms with Gasteiger partial charge in [-0.05, 0) is 30.8 Å². The number of likely N-dealkylation sites (N-methyl/N-ethyl adjacent to an activating group) is 1. The Labute approximate surface area is 106 Å². The van der Waals surface area contributed by atoms with Gasteiger partial charge < -0.3 is 15.5 Å². The van der Waals surface area contributed by atoms with Crippen LogP contribution in [0.1, 0.15) is 11.7 Å². The molecule has 0 fully saturated rings. The van der Waals surface area contributed by atoms with Crippen LogP contribution in [-0.4, -0.2) is 29.9 Å². The number of aliphatic hydroxyl groups excluding tert-OH is 2. The van der Waals surface area contributed by atoms with Crippen molar-refractivity contribution in [1.82, 2.24) is 5.32 Å². The van der Waals surface area contributed by atoms with Crippen molar-refractivity contribution in [2.24, 2.45) is 0 Å². The second kappa shape index (κ2) is 5.96. The van der Waals surface area contributed by atoms with Gasteiger partial charge in [0, 0.05) is 15.5 Å². The van der Waals surface area contributed by atoms with E-state index in [1.54, 1.807) is 13.1 Å². The molecule has 0 saturated carbocycles. The first kappa shape index (κ1) is 13.1. The molecule has 15 heavy (non-hydrogen) atoms. The summed E-state index contributed by atoms with van der Waals surface area (Å²) >= 11 is 6.66. The van der Waals surface area contributed by atoms with Crippen LogP contribution in [0, 0.1) is 0 Å². The first-order chi connectivity index (χ1) is 7.06. The van der Waals surface area contributed by atoms with Crippen LogP contribution in [0.4, 0.5) is 0 Å². The summed E-state index contributed by atoms with van der Waals surface area (Å²) in [6.07, 6.45) is -1.72. The SMILES string of the molecule is CNCC(O)C(O)c1cc(Br)ccc1Br. The lowest BCUT2D eigenvalue weighted by molar-refractivity contribution is 0.0198. The van der Waals surface area contributed by atoms with Gasteiger partial charge in [-0.25, -0.2) is 0 Å². The highest BCUT2D eigenvalue weighted by Crippen LogP contribution is 2.28. The van der Waals surface area contributed by atoms with Crippen molar-refractivity contribution in [1.29, 1.82) is 0 Å². The Morgan fingerprint density at radius 1 is 1.33 bits per heavy atom. The van der Waals surface area contributed by atoms with Gasteiger partial charge in [-0.15, -0.1) is 0 Å². The molecule has 0 spiro atoms. The first-order valence-corrected chi connectivity index (χ1v) is 6.10. The molecule has 0 aliphatic rings. The molecule has 0 bridgehead atoms. The highest BCUT2D eigenvalue weighted by Gasteiger charge is 2.19. The van der Waals surface area contributed by atoms with Crippen LogP contribution >= 0.6 is 31.9 Å². The van der Waals surface area contributed by atoms with Crippen LogP contribution in [-0.2, 0) is 0 Å². The lowest BCUT2D eigenvalue weighted by atomic mass is 10.0. The average molecular weight is 339 g/mol. The molecule has 0 amide bonds. The van der Waals surface area contributed by atoms with Gasteiger partial charge >= 0.3 is 0 Å². The number of aliphatic hydroxyl groups is 2. The minimum Gasteiger partial charge on any atom is -0.389 e. The standard InChI is InChI=1S/C10H13Br2NO2/c1-13-5-9(14)10(15)7-4-6(11)2-3-8(7)12/h2-4,9-10,13-15H,5H2,1H3. The second-order valence-electron chi connectivity index (χ2n) is 3.24. The maximum Gasteiger partial charge on any atom is 0.107 e. The Kier molecular flexibility index (Phi) is 5.22. The lowest BCUT2D eigenvalue weighted by Crippen LogP contribution is -2.29. The van der Waals surface area contributed by atoms with Crippen molar-refractivity contribution in [3.8, 4) is 0 Å². The van der Waals surface area contributed by atoms with Crippen LogP contribution in [0.25, 0.3) is 0 Å². The molecule has 0 heterocycles. The van der Waals surface area contributed by atoms with Crippen molar-refractivity contribution in [2.75, 3.05) is 13.6 Å². The van der Waals surface area contributed by atoms with E-state index in [0.29, 0.717) is 12.1 Å². The zero-order chi connectivity index (χ0) is 11.4. The van der Waals surface area contributed by atoms with Crippen molar-refractivity contribution >= 4 is 31.9 Å². The Bertz CT molecular complexity index is 333. The van der Waals surface area contributed by atoms with Crippen LogP contribution < -0.4 is 5.32 Å². The zero-order valence-corrected chi connectivity index (χ0v) is 11.4. The fourth-order valence-corrected chi connectivity index (χ4v) is 2.13. The summed E-state index contributed by atoms with van der Waals surface area (Å²) in [5.74, 6) is 0. The molecule has 3 nitrogen and oxygen atoms in total. The predicted molar refractivity (Wildman–Crippen MR) is 66.7 cm³/mol. The molecule has 2 atom stereocenters. The molecule has 2 unspecified atom stereocenters. The summed E-state index contributed by atoms with van der Waals surface area (Å²) in [5.41, 5.74) is 0.673. The smallest absolute Gasteiger partial charge is 0.107 e. The molecule has 3 N–H and O–H groups in total. The number of rotatable bonds is 4. The lowest BCUT2D eigenvalue weighted by Gasteiger charge is -2.19. The van der Waals surface area contributed by atoms with Gasteiger partial charge in [0.25, 0.3) is 0 Å². The number of hydrogen-bond acceptors (Lipinski definition) is 3. The van der Waals surface area contributed by atoms with Crippen molar-refractivity contribution in [3.63, 3.8) is 0 Å². The minimum atomic E-state index is -0.899. The fraction of sp³-hybridized carbons (Fsp3) is 0.400.